The van der Waals surface area contributed by atoms with Crippen LogP contribution < -0.4 is 10.5 Å². The van der Waals surface area contributed by atoms with Crippen molar-refractivity contribution in [3.8, 4) is 5.75 Å². The number of alkyl halides is 3. The molecule has 0 bridgehead atoms. The predicted octanol–water partition coefficient (Wildman–Crippen LogP) is 4.52. The number of anilines is 1. The van der Waals surface area contributed by atoms with Gasteiger partial charge in [-0.15, -0.1) is 0 Å². The molecule has 2 N–H and O–H groups in total. The van der Waals surface area contributed by atoms with Crippen molar-refractivity contribution in [1.82, 2.24) is 0 Å². The van der Waals surface area contributed by atoms with Crippen LogP contribution in [0.2, 0.25) is 5.02 Å². The van der Waals surface area contributed by atoms with Crippen molar-refractivity contribution in [3.63, 3.8) is 0 Å². The summed E-state index contributed by atoms with van der Waals surface area (Å²) in [6.45, 7) is 0.00367. The number of nitrogen functional groups attached to an aromatic ring is 1. The summed E-state index contributed by atoms with van der Waals surface area (Å²) >= 11 is 5.79. The van der Waals surface area contributed by atoms with E-state index in [4.69, 9.17) is 22.1 Å². The Balaban J connectivity index is 2.14. The van der Waals surface area contributed by atoms with Gasteiger partial charge >= 0.3 is 6.18 Å². The Labute approximate surface area is 118 Å². The Morgan fingerprint density at radius 3 is 2.50 bits per heavy atom. The number of ether oxygens (including phenoxy) is 1. The second-order valence-corrected chi connectivity index (χ2v) is 4.60. The average Bonchev–Trinajstić information content (AvgIpc) is 2.36. The van der Waals surface area contributed by atoms with Gasteiger partial charge in [-0.05, 0) is 35.9 Å². The molecule has 0 aliphatic carbocycles. The molecular weight excluding hydrogens is 291 g/mol. The van der Waals surface area contributed by atoms with Crippen LogP contribution in [0.4, 0.5) is 18.9 Å². The van der Waals surface area contributed by atoms with Gasteiger partial charge in [0.1, 0.15) is 12.4 Å². The summed E-state index contributed by atoms with van der Waals surface area (Å²) in [4.78, 5) is 0. The summed E-state index contributed by atoms with van der Waals surface area (Å²) in [6, 6.07) is 10.3. The molecule has 0 atom stereocenters. The number of nitrogens with two attached hydrogens (primary N) is 1. The zero-order chi connectivity index (χ0) is 14.8. The van der Waals surface area contributed by atoms with Crippen LogP contribution in [0.3, 0.4) is 0 Å². The van der Waals surface area contributed by atoms with Crippen molar-refractivity contribution >= 4 is 17.3 Å². The third kappa shape index (κ3) is 3.57. The van der Waals surface area contributed by atoms with Crippen molar-refractivity contribution in [3.05, 3.63) is 58.6 Å². The second kappa shape index (κ2) is 5.63. The Kier molecular flexibility index (Phi) is 4.09. The Hall–Kier alpha value is -1.88. The highest BCUT2D eigenvalue weighted by molar-refractivity contribution is 6.30. The lowest BCUT2D eigenvalue weighted by Crippen LogP contribution is -2.10. The van der Waals surface area contributed by atoms with Crippen LogP contribution in [0, 0.1) is 0 Å². The van der Waals surface area contributed by atoms with E-state index in [0.717, 1.165) is 6.07 Å². The van der Waals surface area contributed by atoms with E-state index < -0.39 is 11.7 Å². The number of hydrogen-bond acceptors (Lipinski definition) is 2. The van der Waals surface area contributed by atoms with Crippen LogP contribution in [0.25, 0.3) is 0 Å². The molecular formula is C14H11ClF3NO. The maximum absolute atomic E-state index is 12.7. The average molecular weight is 302 g/mol. The second-order valence-electron chi connectivity index (χ2n) is 4.17. The Morgan fingerprint density at radius 2 is 1.85 bits per heavy atom. The smallest absolute Gasteiger partial charge is 0.418 e. The lowest BCUT2D eigenvalue weighted by molar-refractivity contribution is -0.137. The highest BCUT2D eigenvalue weighted by Gasteiger charge is 2.33. The van der Waals surface area contributed by atoms with Crippen molar-refractivity contribution in [2.24, 2.45) is 0 Å². The van der Waals surface area contributed by atoms with Crippen molar-refractivity contribution in [2.45, 2.75) is 12.8 Å². The van der Waals surface area contributed by atoms with Crippen LogP contribution in [0.5, 0.6) is 5.75 Å². The minimum absolute atomic E-state index is 0.00367. The summed E-state index contributed by atoms with van der Waals surface area (Å²) in [6.07, 6.45) is -4.48. The van der Waals surface area contributed by atoms with E-state index in [2.05, 4.69) is 0 Å². The van der Waals surface area contributed by atoms with Crippen molar-refractivity contribution < 1.29 is 17.9 Å². The molecule has 6 heteroatoms. The molecule has 2 aromatic carbocycles. The number of rotatable bonds is 3. The standard InChI is InChI=1S/C14H11ClF3NO/c15-10-2-1-3-11(7-10)20-8-9-4-5-13(19)12(6-9)14(16,17)18/h1-7H,8,19H2. The predicted molar refractivity (Wildman–Crippen MR) is 71.6 cm³/mol. The first-order valence-corrected chi connectivity index (χ1v) is 6.08. The number of benzene rings is 2. The Bertz CT molecular complexity index is 614. The van der Waals surface area contributed by atoms with Crippen molar-refractivity contribution in [2.75, 3.05) is 5.73 Å². The van der Waals surface area contributed by atoms with Gasteiger partial charge in [-0.2, -0.15) is 13.2 Å². The molecule has 0 radical (unpaired) electrons. The molecule has 0 saturated heterocycles. The van der Waals surface area contributed by atoms with Gasteiger partial charge < -0.3 is 10.5 Å². The summed E-state index contributed by atoms with van der Waals surface area (Å²) < 4.78 is 43.5. The molecule has 0 amide bonds. The van der Waals surface area contributed by atoms with Crippen LogP contribution in [-0.2, 0) is 12.8 Å². The van der Waals surface area contributed by atoms with Gasteiger partial charge in [0.15, 0.2) is 0 Å². The first-order chi connectivity index (χ1) is 9.36. The molecule has 20 heavy (non-hydrogen) atoms. The van der Waals surface area contributed by atoms with Crippen LogP contribution in [0.15, 0.2) is 42.5 Å². The molecule has 0 spiro atoms. The highest BCUT2D eigenvalue weighted by atomic mass is 35.5. The first-order valence-electron chi connectivity index (χ1n) is 5.70. The normalized spacial score (nSPS) is 11.4. The van der Waals surface area contributed by atoms with Gasteiger partial charge in [-0.25, -0.2) is 0 Å². The van der Waals surface area contributed by atoms with Crippen LogP contribution in [-0.4, -0.2) is 0 Å². The quantitative estimate of drug-likeness (QED) is 0.846. The van der Waals surface area contributed by atoms with Gasteiger partial charge in [0.25, 0.3) is 0 Å². The molecule has 2 rings (SSSR count). The topological polar surface area (TPSA) is 35.2 Å². The molecule has 106 valence electrons. The molecule has 0 aliphatic rings. The third-order valence-electron chi connectivity index (χ3n) is 2.62. The fourth-order valence-corrected chi connectivity index (χ4v) is 1.84. The molecule has 0 aromatic heterocycles. The van der Waals surface area contributed by atoms with E-state index in [1.807, 2.05) is 0 Å². The third-order valence-corrected chi connectivity index (χ3v) is 2.86. The number of halogens is 4. The van der Waals surface area contributed by atoms with Gasteiger partial charge in [0.2, 0.25) is 0 Å². The van der Waals surface area contributed by atoms with Crippen molar-refractivity contribution in [1.29, 1.82) is 0 Å². The minimum atomic E-state index is -4.48. The van der Waals surface area contributed by atoms with Crippen LogP contribution in [0.1, 0.15) is 11.1 Å². The SMILES string of the molecule is Nc1ccc(COc2cccc(Cl)c2)cc1C(F)(F)F. The van der Waals surface area contributed by atoms with Gasteiger partial charge in [-0.1, -0.05) is 23.7 Å². The minimum Gasteiger partial charge on any atom is -0.489 e. The number of hydrogen-bond donors (Lipinski definition) is 1. The summed E-state index contributed by atoms with van der Waals surface area (Å²) in [7, 11) is 0. The zero-order valence-electron chi connectivity index (χ0n) is 10.2. The zero-order valence-corrected chi connectivity index (χ0v) is 11.0. The summed E-state index contributed by atoms with van der Waals surface area (Å²) in [5, 5.41) is 0.496. The van der Waals surface area contributed by atoms with E-state index >= 15 is 0 Å². The molecule has 2 aromatic rings. The van der Waals surface area contributed by atoms with E-state index in [-0.39, 0.29) is 12.3 Å². The molecule has 0 fully saturated rings. The maximum Gasteiger partial charge on any atom is 0.418 e. The fourth-order valence-electron chi connectivity index (χ4n) is 1.66. The summed E-state index contributed by atoms with van der Waals surface area (Å²) in [5.74, 6) is 0.489. The van der Waals surface area contributed by atoms with Gasteiger partial charge in [-0.3, -0.25) is 0 Å². The molecule has 0 unspecified atom stereocenters. The van der Waals surface area contributed by atoms with E-state index in [9.17, 15) is 13.2 Å². The molecule has 0 heterocycles. The first kappa shape index (κ1) is 14.5. The molecule has 0 saturated carbocycles. The lowest BCUT2D eigenvalue weighted by atomic mass is 10.1. The highest BCUT2D eigenvalue weighted by Crippen LogP contribution is 2.34. The lowest BCUT2D eigenvalue weighted by Gasteiger charge is -2.12. The van der Waals surface area contributed by atoms with E-state index in [1.54, 1.807) is 24.3 Å². The van der Waals surface area contributed by atoms with E-state index in [1.165, 1.54) is 12.1 Å². The molecule has 0 aliphatic heterocycles. The summed E-state index contributed by atoms with van der Waals surface area (Å²) in [5.41, 5.74) is 4.55. The van der Waals surface area contributed by atoms with Gasteiger partial charge in [0.05, 0.1) is 5.56 Å². The van der Waals surface area contributed by atoms with E-state index in [0.29, 0.717) is 16.3 Å². The Morgan fingerprint density at radius 1 is 1.10 bits per heavy atom. The fraction of sp³-hybridized carbons (Fsp3) is 0.143. The molecule has 2 nitrogen and oxygen atoms in total. The maximum atomic E-state index is 12.7. The monoisotopic (exact) mass is 301 g/mol. The van der Waals surface area contributed by atoms with Crippen LogP contribution >= 0.6 is 11.6 Å². The van der Waals surface area contributed by atoms with Gasteiger partial charge in [0, 0.05) is 10.7 Å². The largest absolute Gasteiger partial charge is 0.489 e.